The Morgan fingerprint density at radius 1 is 0.900 bits per heavy atom. The number of halogens is 3. The van der Waals surface area contributed by atoms with Gasteiger partial charge in [0, 0.05) is 37.0 Å². The number of fused-ring (bicyclic) bond motifs is 2. The lowest BCUT2D eigenvalue weighted by molar-refractivity contribution is -0.137. The molecule has 0 atom stereocenters. The van der Waals surface area contributed by atoms with Gasteiger partial charge in [0.2, 0.25) is 10.0 Å². The van der Waals surface area contributed by atoms with E-state index in [1.807, 2.05) is 30.3 Å². The Kier molecular flexibility index (Phi) is 6.75. The third-order valence-corrected chi connectivity index (χ3v) is 8.91. The largest absolute Gasteiger partial charge is 0.456 e. The number of aromatic nitrogens is 3. The fourth-order valence-electron chi connectivity index (χ4n) is 5.07. The lowest BCUT2D eigenvalue weighted by Crippen LogP contribution is -2.32. The van der Waals surface area contributed by atoms with E-state index in [1.54, 1.807) is 24.4 Å². The number of hydrogen-bond donors (Lipinski definition) is 0. The van der Waals surface area contributed by atoms with Gasteiger partial charge in [-0.15, -0.1) is 5.10 Å². The first-order chi connectivity index (χ1) is 19.2. The highest BCUT2D eigenvalue weighted by atomic mass is 32.2. The number of sulfonamides is 1. The zero-order chi connectivity index (χ0) is 27.9. The molecule has 0 bridgehead atoms. The van der Waals surface area contributed by atoms with E-state index in [9.17, 15) is 21.6 Å². The summed E-state index contributed by atoms with van der Waals surface area (Å²) in [6.45, 7) is 1.84. The van der Waals surface area contributed by atoms with Crippen LogP contribution in [-0.2, 0) is 35.8 Å². The van der Waals surface area contributed by atoms with E-state index in [1.165, 1.54) is 15.1 Å². The molecule has 0 unspecified atom stereocenters. The predicted molar refractivity (Wildman–Crippen MR) is 141 cm³/mol. The summed E-state index contributed by atoms with van der Waals surface area (Å²) in [6.07, 6.45) is -0.730. The van der Waals surface area contributed by atoms with Crippen molar-refractivity contribution in [2.45, 2.75) is 43.5 Å². The van der Waals surface area contributed by atoms with Crippen molar-refractivity contribution in [2.75, 3.05) is 18.0 Å². The first kappa shape index (κ1) is 26.3. The number of hydrogen-bond acceptors (Lipinski definition) is 6. The van der Waals surface area contributed by atoms with Crippen LogP contribution in [0.3, 0.4) is 0 Å². The van der Waals surface area contributed by atoms with E-state index >= 15 is 0 Å². The van der Waals surface area contributed by atoms with Crippen LogP contribution in [0.25, 0.3) is 0 Å². The van der Waals surface area contributed by atoms with Crippen LogP contribution in [-0.4, -0.2) is 40.8 Å². The zero-order valence-electron chi connectivity index (χ0n) is 21.4. The molecular formula is C28H26F3N5O3S. The average molecular weight is 570 g/mol. The van der Waals surface area contributed by atoms with Crippen molar-refractivity contribution >= 4 is 15.7 Å². The van der Waals surface area contributed by atoms with Gasteiger partial charge in [-0.3, -0.25) is 0 Å². The van der Waals surface area contributed by atoms with Crippen LogP contribution in [0.4, 0.5) is 18.9 Å². The predicted octanol–water partition coefficient (Wildman–Crippen LogP) is 5.44. The highest BCUT2D eigenvalue weighted by Gasteiger charge is 2.33. The van der Waals surface area contributed by atoms with E-state index in [2.05, 4.69) is 15.2 Å². The lowest BCUT2D eigenvalue weighted by Gasteiger charge is -2.28. The lowest BCUT2D eigenvalue weighted by atomic mass is 10.1. The van der Waals surface area contributed by atoms with Crippen LogP contribution in [0.2, 0.25) is 0 Å². The zero-order valence-corrected chi connectivity index (χ0v) is 22.2. The Hall–Kier alpha value is -3.90. The third-order valence-electron chi connectivity index (χ3n) is 7.08. The van der Waals surface area contributed by atoms with E-state index in [0.29, 0.717) is 22.6 Å². The van der Waals surface area contributed by atoms with Gasteiger partial charge in [0.05, 0.1) is 30.5 Å². The maximum absolute atomic E-state index is 13.9. The number of alkyl halides is 3. The maximum atomic E-state index is 13.9. The SMILES string of the molecule is O=S1(=O)c2ccc(N3CCCC3)cc2Oc2ccccc2CN1Cc1cn(Cc2cccc(C(F)(F)F)c2)nn1. The molecule has 3 aromatic carbocycles. The van der Waals surface area contributed by atoms with Gasteiger partial charge >= 0.3 is 6.18 Å². The minimum Gasteiger partial charge on any atom is -0.456 e. The molecule has 6 rings (SSSR count). The normalized spacial score (nSPS) is 17.0. The summed E-state index contributed by atoms with van der Waals surface area (Å²) < 4.78 is 76.1. The van der Waals surface area contributed by atoms with Crippen LogP contribution in [0.15, 0.2) is 77.8 Å². The molecule has 0 aliphatic carbocycles. The van der Waals surface area contributed by atoms with Crippen LogP contribution in [0.5, 0.6) is 11.5 Å². The molecule has 0 amide bonds. The van der Waals surface area contributed by atoms with Crippen molar-refractivity contribution in [3.8, 4) is 11.5 Å². The molecule has 2 aliphatic heterocycles. The molecule has 0 N–H and O–H groups in total. The van der Waals surface area contributed by atoms with E-state index in [0.717, 1.165) is 43.8 Å². The second kappa shape index (κ2) is 10.3. The Morgan fingerprint density at radius 3 is 2.50 bits per heavy atom. The number of benzene rings is 3. The average Bonchev–Trinajstić information content (AvgIpc) is 3.61. The first-order valence-corrected chi connectivity index (χ1v) is 14.3. The van der Waals surface area contributed by atoms with Crippen molar-refractivity contribution in [1.82, 2.24) is 19.3 Å². The van der Waals surface area contributed by atoms with Crippen molar-refractivity contribution < 1.29 is 26.3 Å². The summed E-state index contributed by atoms with van der Waals surface area (Å²) >= 11 is 0. The highest BCUT2D eigenvalue weighted by molar-refractivity contribution is 7.89. The molecule has 1 aromatic heterocycles. The second-order valence-electron chi connectivity index (χ2n) is 9.91. The van der Waals surface area contributed by atoms with Crippen molar-refractivity contribution in [3.63, 3.8) is 0 Å². The van der Waals surface area contributed by atoms with Crippen molar-refractivity contribution in [1.29, 1.82) is 0 Å². The van der Waals surface area contributed by atoms with Gasteiger partial charge in [-0.1, -0.05) is 35.5 Å². The fraction of sp³-hybridized carbons (Fsp3) is 0.286. The Morgan fingerprint density at radius 2 is 1.70 bits per heavy atom. The van der Waals surface area contributed by atoms with Crippen LogP contribution < -0.4 is 9.64 Å². The molecule has 0 saturated carbocycles. The molecular weight excluding hydrogens is 543 g/mol. The summed E-state index contributed by atoms with van der Waals surface area (Å²) in [5.74, 6) is 0.824. The van der Waals surface area contributed by atoms with Crippen LogP contribution >= 0.6 is 0 Å². The van der Waals surface area contributed by atoms with Crippen LogP contribution in [0.1, 0.15) is 35.2 Å². The molecule has 1 saturated heterocycles. The van der Waals surface area contributed by atoms with E-state index in [4.69, 9.17) is 4.74 Å². The van der Waals surface area contributed by atoms with Gasteiger partial charge in [0.15, 0.2) is 0 Å². The molecule has 3 heterocycles. The van der Waals surface area contributed by atoms with Gasteiger partial charge in [0.25, 0.3) is 0 Å². The van der Waals surface area contributed by atoms with Crippen molar-refractivity contribution in [3.05, 3.63) is 95.3 Å². The standard InChI is InChI=1S/C28H26F3N5O3S/c29-28(30,31)22-8-5-6-20(14-22)16-35-18-23(32-33-35)19-36-17-21-7-1-2-9-25(21)39-26-15-24(34-12-3-4-13-34)10-11-27(26)40(36,37)38/h1-2,5-11,14-15,18H,3-4,12-13,16-17,19H2. The van der Waals surface area contributed by atoms with Gasteiger partial charge in [-0.25, -0.2) is 13.1 Å². The molecule has 4 aromatic rings. The minimum atomic E-state index is -4.45. The molecule has 2 aliphatic rings. The number of anilines is 1. The van der Waals surface area contributed by atoms with Gasteiger partial charge in [0.1, 0.15) is 16.4 Å². The molecule has 208 valence electrons. The van der Waals surface area contributed by atoms with Gasteiger partial charge in [-0.05, 0) is 48.7 Å². The number of nitrogens with zero attached hydrogens (tertiary/aromatic N) is 5. The first-order valence-electron chi connectivity index (χ1n) is 12.9. The number of ether oxygens (including phenoxy) is 1. The maximum Gasteiger partial charge on any atom is 0.416 e. The third kappa shape index (κ3) is 5.28. The highest BCUT2D eigenvalue weighted by Crippen LogP contribution is 2.39. The molecule has 1 fully saturated rings. The molecule has 0 spiro atoms. The number of rotatable bonds is 5. The second-order valence-corrected chi connectivity index (χ2v) is 11.8. The number of para-hydroxylation sites is 1. The monoisotopic (exact) mass is 569 g/mol. The van der Waals surface area contributed by atoms with E-state index < -0.39 is 21.8 Å². The van der Waals surface area contributed by atoms with Crippen LogP contribution in [0, 0.1) is 0 Å². The molecule has 12 heteroatoms. The summed E-state index contributed by atoms with van der Waals surface area (Å²) in [6, 6.07) is 17.4. The Labute approximate surface area is 229 Å². The topological polar surface area (TPSA) is 80.6 Å². The molecule has 8 nitrogen and oxygen atoms in total. The van der Waals surface area contributed by atoms with Crippen molar-refractivity contribution in [2.24, 2.45) is 0 Å². The minimum absolute atomic E-state index is 0.0479. The Balaban J connectivity index is 1.30. The fourth-order valence-corrected chi connectivity index (χ4v) is 6.56. The summed E-state index contributed by atoms with van der Waals surface area (Å²) in [7, 11) is -4.01. The quantitative estimate of drug-likeness (QED) is 0.318. The molecule has 0 radical (unpaired) electrons. The van der Waals surface area contributed by atoms with E-state index in [-0.39, 0.29) is 30.3 Å². The summed E-state index contributed by atoms with van der Waals surface area (Å²) in [4.78, 5) is 2.27. The van der Waals surface area contributed by atoms with Gasteiger partial charge < -0.3 is 9.64 Å². The summed E-state index contributed by atoms with van der Waals surface area (Å²) in [5.41, 5.74) is 1.63. The molecule has 40 heavy (non-hydrogen) atoms. The summed E-state index contributed by atoms with van der Waals surface area (Å²) in [5, 5.41) is 8.16. The van der Waals surface area contributed by atoms with Gasteiger partial charge in [-0.2, -0.15) is 17.5 Å². The smallest absolute Gasteiger partial charge is 0.416 e. The Bertz CT molecular complexity index is 1650.